The normalized spacial score (nSPS) is 11.3. The van der Waals surface area contributed by atoms with Gasteiger partial charge in [-0.2, -0.15) is 0 Å². The van der Waals surface area contributed by atoms with Crippen molar-refractivity contribution in [2.45, 2.75) is 34.1 Å². The van der Waals surface area contributed by atoms with Crippen molar-refractivity contribution in [1.29, 1.82) is 5.41 Å². The van der Waals surface area contributed by atoms with Gasteiger partial charge in [0.25, 0.3) is 0 Å². The van der Waals surface area contributed by atoms with E-state index in [0.29, 0.717) is 0 Å². The van der Waals surface area contributed by atoms with Crippen molar-refractivity contribution in [3.8, 4) is 0 Å². The van der Waals surface area contributed by atoms with E-state index in [2.05, 4.69) is 43.0 Å². The van der Waals surface area contributed by atoms with Gasteiger partial charge in [0.1, 0.15) is 0 Å². The first-order chi connectivity index (χ1) is 8.36. The van der Waals surface area contributed by atoms with E-state index in [1.807, 2.05) is 13.8 Å². The van der Waals surface area contributed by atoms with Gasteiger partial charge in [-0.1, -0.05) is 31.5 Å². The van der Waals surface area contributed by atoms with Gasteiger partial charge in [0.2, 0.25) is 0 Å². The average Bonchev–Trinajstić information content (AvgIpc) is 2.31. The van der Waals surface area contributed by atoms with Gasteiger partial charge >= 0.3 is 0 Å². The lowest BCUT2D eigenvalue weighted by Gasteiger charge is -2.29. The van der Waals surface area contributed by atoms with Gasteiger partial charge in [0.05, 0.1) is 5.84 Å². The largest absolute Gasteiger partial charge is 0.387 e. The van der Waals surface area contributed by atoms with E-state index in [0.717, 1.165) is 19.5 Å². The molecule has 1 aromatic rings. The van der Waals surface area contributed by atoms with E-state index < -0.39 is 0 Å². The molecule has 3 nitrogen and oxygen atoms in total. The van der Waals surface area contributed by atoms with Gasteiger partial charge in [-0.25, -0.2) is 0 Å². The van der Waals surface area contributed by atoms with E-state index in [1.165, 1.54) is 11.3 Å². The van der Waals surface area contributed by atoms with E-state index in [4.69, 9.17) is 11.1 Å². The highest BCUT2D eigenvalue weighted by atomic mass is 15.1. The van der Waals surface area contributed by atoms with Crippen molar-refractivity contribution >= 4 is 11.5 Å². The number of aryl methyl sites for hydroxylation is 1. The molecule has 0 aromatic heterocycles. The Labute approximate surface area is 111 Å². The van der Waals surface area contributed by atoms with Crippen LogP contribution in [0.1, 0.15) is 32.8 Å². The molecule has 0 aliphatic heterocycles. The average molecular weight is 247 g/mol. The molecule has 18 heavy (non-hydrogen) atoms. The molecule has 1 rings (SSSR count). The number of nitrogens with one attached hydrogen (secondary N) is 1. The van der Waals surface area contributed by atoms with Crippen LogP contribution < -0.4 is 10.6 Å². The van der Waals surface area contributed by atoms with Crippen LogP contribution in [0.4, 0.5) is 5.69 Å². The Balaban J connectivity index is 2.68. The molecule has 0 saturated heterocycles. The van der Waals surface area contributed by atoms with Crippen molar-refractivity contribution in [1.82, 2.24) is 0 Å². The Morgan fingerprint density at radius 3 is 2.28 bits per heavy atom. The summed E-state index contributed by atoms with van der Waals surface area (Å²) in [5, 5.41) is 7.59. The maximum Gasteiger partial charge on any atom is 0.0963 e. The number of amidine groups is 1. The maximum atomic E-state index is 7.59. The first-order valence-corrected chi connectivity index (χ1v) is 6.53. The number of nitrogens with two attached hydrogens (primary N) is 1. The summed E-state index contributed by atoms with van der Waals surface area (Å²) in [7, 11) is 0. The Bertz CT molecular complexity index is 393. The van der Waals surface area contributed by atoms with E-state index in [9.17, 15) is 0 Å². The summed E-state index contributed by atoms with van der Waals surface area (Å²) >= 11 is 0. The fourth-order valence-corrected chi connectivity index (χ4v) is 1.77. The SMILES string of the molecule is CCN(CCC(C)(C)C(=N)N)c1ccc(C)cc1. The van der Waals surface area contributed by atoms with Crippen molar-refractivity contribution in [3.05, 3.63) is 29.8 Å². The topological polar surface area (TPSA) is 53.1 Å². The predicted molar refractivity (Wildman–Crippen MR) is 79.4 cm³/mol. The van der Waals surface area contributed by atoms with Gasteiger partial charge in [-0.15, -0.1) is 0 Å². The number of anilines is 1. The quantitative estimate of drug-likeness (QED) is 0.599. The standard InChI is InChI=1S/C15H25N3/c1-5-18(11-10-15(3,4)14(16)17)13-8-6-12(2)7-9-13/h6-9H,5,10-11H2,1-4H3,(H3,16,17). The number of rotatable bonds is 6. The zero-order valence-corrected chi connectivity index (χ0v) is 12.0. The van der Waals surface area contributed by atoms with E-state index >= 15 is 0 Å². The zero-order chi connectivity index (χ0) is 13.8. The van der Waals surface area contributed by atoms with Crippen LogP contribution in [0, 0.1) is 17.7 Å². The number of hydrogen-bond donors (Lipinski definition) is 2. The molecule has 0 atom stereocenters. The number of benzene rings is 1. The molecule has 0 aliphatic rings. The molecule has 0 spiro atoms. The monoisotopic (exact) mass is 247 g/mol. The first-order valence-electron chi connectivity index (χ1n) is 6.53. The van der Waals surface area contributed by atoms with E-state index in [-0.39, 0.29) is 11.3 Å². The highest BCUT2D eigenvalue weighted by Gasteiger charge is 2.22. The van der Waals surface area contributed by atoms with Gasteiger partial charge < -0.3 is 10.6 Å². The molecular weight excluding hydrogens is 222 g/mol. The van der Waals surface area contributed by atoms with Crippen LogP contribution in [0.5, 0.6) is 0 Å². The molecule has 1 aromatic carbocycles. The fourth-order valence-electron chi connectivity index (χ4n) is 1.77. The molecule has 0 unspecified atom stereocenters. The third-order valence-electron chi connectivity index (χ3n) is 3.52. The lowest BCUT2D eigenvalue weighted by atomic mass is 9.88. The maximum absolute atomic E-state index is 7.59. The van der Waals surface area contributed by atoms with Crippen LogP contribution in [0.2, 0.25) is 0 Å². The Kier molecular flexibility index (Phi) is 4.76. The Morgan fingerprint density at radius 1 is 1.28 bits per heavy atom. The number of hydrogen-bond acceptors (Lipinski definition) is 2. The van der Waals surface area contributed by atoms with Gasteiger partial charge in [0, 0.05) is 24.2 Å². The van der Waals surface area contributed by atoms with Crippen molar-refractivity contribution in [3.63, 3.8) is 0 Å². The molecule has 0 aliphatic carbocycles. The minimum absolute atomic E-state index is 0.224. The van der Waals surface area contributed by atoms with Crippen LogP contribution in [-0.2, 0) is 0 Å². The lowest BCUT2D eigenvalue weighted by molar-refractivity contribution is 0.467. The lowest BCUT2D eigenvalue weighted by Crippen LogP contribution is -2.35. The summed E-state index contributed by atoms with van der Waals surface area (Å²) in [5.41, 5.74) is 7.91. The summed E-state index contributed by atoms with van der Waals surface area (Å²) < 4.78 is 0. The summed E-state index contributed by atoms with van der Waals surface area (Å²) in [6, 6.07) is 8.57. The van der Waals surface area contributed by atoms with Gasteiger partial charge in [0.15, 0.2) is 0 Å². The highest BCUT2D eigenvalue weighted by molar-refractivity contribution is 5.82. The molecule has 0 radical (unpaired) electrons. The molecule has 100 valence electrons. The Morgan fingerprint density at radius 2 is 1.83 bits per heavy atom. The van der Waals surface area contributed by atoms with Crippen molar-refractivity contribution < 1.29 is 0 Å². The van der Waals surface area contributed by atoms with Crippen molar-refractivity contribution in [2.24, 2.45) is 11.1 Å². The van der Waals surface area contributed by atoms with Crippen LogP contribution in [0.25, 0.3) is 0 Å². The minimum Gasteiger partial charge on any atom is -0.387 e. The highest BCUT2D eigenvalue weighted by Crippen LogP contribution is 2.22. The van der Waals surface area contributed by atoms with Gasteiger partial charge in [-0.3, -0.25) is 5.41 Å². The zero-order valence-electron chi connectivity index (χ0n) is 12.0. The first kappa shape index (κ1) is 14.6. The van der Waals surface area contributed by atoms with Crippen molar-refractivity contribution in [2.75, 3.05) is 18.0 Å². The van der Waals surface area contributed by atoms with Crippen LogP contribution in [0.3, 0.4) is 0 Å². The smallest absolute Gasteiger partial charge is 0.0963 e. The second kappa shape index (κ2) is 5.89. The third-order valence-corrected chi connectivity index (χ3v) is 3.52. The number of nitrogens with zero attached hydrogens (tertiary/aromatic N) is 1. The molecule has 0 fully saturated rings. The molecule has 0 bridgehead atoms. The fraction of sp³-hybridized carbons (Fsp3) is 0.533. The van der Waals surface area contributed by atoms with E-state index in [1.54, 1.807) is 0 Å². The predicted octanol–water partition coefficient (Wildman–Crippen LogP) is 3.17. The van der Waals surface area contributed by atoms with Crippen LogP contribution in [-0.4, -0.2) is 18.9 Å². The summed E-state index contributed by atoms with van der Waals surface area (Å²) in [4.78, 5) is 2.32. The molecule has 3 N–H and O–H groups in total. The second-order valence-corrected chi connectivity index (χ2v) is 5.46. The second-order valence-electron chi connectivity index (χ2n) is 5.46. The molecular formula is C15H25N3. The summed E-state index contributed by atoms with van der Waals surface area (Å²) in [6.45, 7) is 10.2. The minimum atomic E-state index is -0.224. The molecule has 0 saturated carbocycles. The summed E-state index contributed by atoms with van der Waals surface area (Å²) in [6.07, 6.45) is 0.893. The third kappa shape index (κ3) is 3.76. The van der Waals surface area contributed by atoms with Crippen LogP contribution in [0.15, 0.2) is 24.3 Å². The Hall–Kier alpha value is -1.51. The summed E-state index contributed by atoms with van der Waals surface area (Å²) in [5.74, 6) is 0.266. The molecule has 3 heteroatoms. The van der Waals surface area contributed by atoms with Gasteiger partial charge in [-0.05, 0) is 32.4 Å². The molecule has 0 heterocycles. The molecule has 0 amide bonds. The van der Waals surface area contributed by atoms with Crippen LogP contribution >= 0.6 is 0 Å².